The fraction of sp³-hybridized carbons (Fsp3) is 0.333. The monoisotopic (exact) mass is 452 g/mol. The predicted octanol–water partition coefficient (Wildman–Crippen LogP) is 5.26. The zero-order valence-electron chi connectivity index (χ0n) is 16.2. The molecule has 0 N–H and O–H groups in total. The normalized spacial score (nSPS) is 16.4. The number of carbonyl (C=O) groups excluding carboxylic acids is 1. The Morgan fingerprint density at radius 1 is 1.07 bits per heavy atom. The molecule has 30 heavy (non-hydrogen) atoms. The van der Waals surface area contributed by atoms with Crippen molar-refractivity contribution in [3.8, 4) is 0 Å². The highest BCUT2D eigenvalue weighted by Crippen LogP contribution is 2.30. The van der Waals surface area contributed by atoms with Crippen LogP contribution in [0.4, 0.5) is 8.78 Å². The molecule has 1 aliphatic heterocycles. The highest BCUT2D eigenvalue weighted by atomic mass is 35.5. The number of benzene rings is 2. The van der Waals surface area contributed by atoms with Crippen molar-refractivity contribution in [3.05, 3.63) is 63.9 Å². The number of hydrogen-bond donors (Lipinski definition) is 0. The number of fused-ring (bicyclic) bond motifs is 1. The largest absolute Gasteiger partial charge is 0.336 e. The molecule has 0 spiro atoms. The lowest BCUT2D eigenvalue weighted by Gasteiger charge is -2.38. The number of rotatable bonds is 4. The van der Waals surface area contributed by atoms with Crippen LogP contribution in [0.2, 0.25) is 10.0 Å². The number of imidazole rings is 1. The summed E-state index contributed by atoms with van der Waals surface area (Å²) in [7, 11) is 0. The molecule has 3 aromatic rings. The molecule has 4 rings (SSSR count). The van der Waals surface area contributed by atoms with E-state index in [-0.39, 0.29) is 11.9 Å². The lowest BCUT2D eigenvalue weighted by molar-refractivity contribution is 0.0495. The first-order valence-corrected chi connectivity index (χ1v) is 10.4. The van der Waals surface area contributed by atoms with Gasteiger partial charge >= 0.3 is 6.55 Å². The molecule has 0 bridgehead atoms. The smallest absolute Gasteiger partial charge is 0.320 e. The molecule has 1 fully saturated rings. The van der Waals surface area contributed by atoms with Gasteiger partial charge in [0.05, 0.1) is 27.7 Å². The molecule has 158 valence electrons. The van der Waals surface area contributed by atoms with Crippen LogP contribution >= 0.6 is 23.2 Å². The Balaban J connectivity index is 1.50. The molecule has 2 aromatic carbocycles. The lowest BCUT2D eigenvalue weighted by atomic mass is 10.1. The molecule has 1 unspecified atom stereocenters. The number of nitrogens with zero attached hydrogens (tertiary/aromatic N) is 4. The van der Waals surface area contributed by atoms with Crippen molar-refractivity contribution in [2.75, 3.05) is 26.2 Å². The average molecular weight is 453 g/mol. The van der Waals surface area contributed by atoms with Gasteiger partial charge in [-0.15, -0.1) is 0 Å². The number of piperazine rings is 1. The SMILES string of the molecule is CC(c1nc2ccccc2n1C(F)F)N1CCN(C(=O)c2ccc(Cl)cc2Cl)CC1. The molecule has 0 radical (unpaired) electrons. The first-order chi connectivity index (χ1) is 14.4. The van der Waals surface area contributed by atoms with Crippen LogP contribution in [0.5, 0.6) is 0 Å². The molecular formula is C21H20Cl2F2N4O. The fourth-order valence-corrected chi connectivity index (χ4v) is 4.36. The third-order valence-corrected chi connectivity index (χ3v) is 6.05. The number of para-hydroxylation sites is 2. The topological polar surface area (TPSA) is 41.4 Å². The molecule has 0 aliphatic carbocycles. The summed E-state index contributed by atoms with van der Waals surface area (Å²) < 4.78 is 28.5. The molecular weight excluding hydrogens is 433 g/mol. The van der Waals surface area contributed by atoms with Crippen LogP contribution in [-0.2, 0) is 0 Å². The fourth-order valence-electron chi connectivity index (χ4n) is 3.87. The van der Waals surface area contributed by atoms with Gasteiger partial charge in [-0.1, -0.05) is 35.3 Å². The van der Waals surface area contributed by atoms with Gasteiger partial charge in [0, 0.05) is 31.2 Å². The molecule has 9 heteroatoms. The van der Waals surface area contributed by atoms with Crippen molar-refractivity contribution >= 4 is 40.1 Å². The summed E-state index contributed by atoms with van der Waals surface area (Å²) in [5.74, 6) is 0.163. The summed E-state index contributed by atoms with van der Waals surface area (Å²) in [5.41, 5.74) is 1.37. The maximum absolute atomic E-state index is 13.8. The average Bonchev–Trinajstić information content (AvgIpc) is 3.13. The van der Waals surface area contributed by atoms with E-state index in [4.69, 9.17) is 23.2 Å². The van der Waals surface area contributed by atoms with Gasteiger partial charge in [-0.25, -0.2) is 4.98 Å². The molecule has 0 saturated carbocycles. The number of hydrogen-bond acceptors (Lipinski definition) is 3. The number of alkyl halides is 2. The van der Waals surface area contributed by atoms with E-state index in [1.165, 1.54) is 0 Å². The van der Waals surface area contributed by atoms with E-state index in [0.717, 1.165) is 4.57 Å². The maximum atomic E-state index is 13.8. The van der Waals surface area contributed by atoms with Crippen molar-refractivity contribution in [2.45, 2.75) is 19.5 Å². The van der Waals surface area contributed by atoms with E-state index >= 15 is 0 Å². The zero-order valence-corrected chi connectivity index (χ0v) is 17.7. The van der Waals surface area contributed by atoms with E-state index in [1.807, 2.05) is 6.92 Å². The van der Waals surface area contributed by atoms with E-state index in [1.54, 1.807) is 47.4 Å². The highest BCUT2D eigenvalue weighted by Gasteiger charge is 2.30. The van der Waals surface area contributed by atoms with Gasteiger partial charge in [0.2, 0.25) is 0 Å². The van der Waals surface area contributed by atoms with E-state index in [2.05, 4.69) is 9.88 Å². The van der Waals surface area contributed by atoms with Crippen molar-refractivity contribution in [2.24, 2.45) is 0 Å². The van der Waals surface area contributed by atoms with Crippen molar-refractivity contribution in [1.29, 1.82) is 0 Å². The standard InChI is InChI=1S/C21H20Cl2F2N4O/c1-13(19-26-17-4-2-3-5-18(17)29(19)21(24)25)27-8-10-28(11-9-27)20(30)15-7-6-14(22)12-16(15)23/h2-7,12-13,21H,8-11H2,1H3. The third-order valence-electron chi connectivity index (χ3n) is 5.50. The molecule has 1 aliphatic rings. The second-order valence-electron chi connectivity index (χ2n) is 7.23. The summed E-state index contributed by atoms with van der Waals surface area (Å²) in [5, 5.41) is 0.783. The number of amides is 1. The van der Waals surface area contributed by atoms with Crippen LogP contribution in [0.25, 0.3) is 11.0 Å². The first-order valence-electron chi connectivity index (χ1n) is 9.60. The lowest BCUT2D eigenvalue weighted by Crippen LogP contribution is -2.49. The Morgan fingerprint density at radius 3 is 2.43 bits per heavy atom. The molecule has 1 atom stereocenters. The summed E-state index contributed by atoms with van der Waals surface area (Å²) in [4.78, 5) is 21.0. The highest BCUT2D eigenvalue weighted by molar-refractivity contribution is 6.36. The number of carbonyl (C=O) groups is 1. The van der Waals surface area contributed by atoms with Gasteiger partial charge in [-0.05, 0) is 37.3 Å². The van der Waals surface area contributed by atoms with E-state index in [0.29, 0.717) is 58.6 Å². The van der Waals surface area contributed by atoms with Crippen LogP contribution in [0.15, 0.2) is 42.5 Å². The van der Waals surface area contributed by atoms with Crippen LogP contribution in [0.3, 0.4) is 0 Å². The minimum absolute atomic E-state index is 0.163. The molecule has 2 heterocycles. The van der Waals surface area contributed by atoms with Crippen LogP contribution in [0.1, 0.15) is 35.7 Å². The minimum atomic E-state index is -2.68. The van der Waals surface area contributed by atoms with Crippen LogP contribution in [0, 0.1) is 0 Å². The Bertz CT molecular complexity index is 1080. The Hall–Kier alpha value is -2.22. The van der Waals surface area contributed by atoms with Crippen LogP contribution in [-0.4, -0.2) is 51.4 Å². The van der Waals surface area contributed by atoms with Gasteiger partial charge in [0.1, 0.15) is 5.82 Å². The van der Waals surface area contributed by atoms with Crippen molar-refractivity contribution in [3.63, 3.8) is 0 Å². The second kappa shape index (κ2) is 8.49. The maximum Gasteiger partial charge on any atom is 0.320 e. The van der Waals surface area contributed by atoms with Crippen LogP contribution < -0.4 is 0 Å². The van der Waals surface area contributed by atoms with Gasteiger partial charge in [0.15, 0.2) is 0 Å². The zero-order chi connectivity index (χ0) is 21.4. The van der Waals surface area contributed by atoms with Gasteiger partial charge in [-0.2, -0.15) is 8.78 Å². The number of aromatic nitrogens is 2. The quantitative estimate of drug-likeness (QED) is 0.542. The minimum Gasteiger partial charge on any atom is -0.336 e. The predicted molar refractivity (Wildman–Crippen MR) is 113 cm³/mol. The third kappa shape index (κ3) is 3.89. The summed E-state index contributed by atoms with van der Waals surface area (Å²) >= 11 is 12.1. The van der Waals surface area contributed by atoms with Gasteiger partial charge in [0.25, 0.3) is 5.91 Å². The van der Waals surface area contributed by atoms with Crippen molar-refractivity contribution < 1.29 is 13.6 Å². The first kappa shape index (κ1) is 21.0. The molecule has 1 saturated heterocycles. The summed E-state index contributed by atoms with van der Waals surface area (Å²) in [6.07, 6.45) is 0. The van der Waals surface area contributed by atoms with Crippen molar-refractivity contribution in [1.82, 2.24) is 19.4 Å². The Morgan fingerprint density at radius 2 is 1.77 bits per heavy atom. The summed E-state index contributed by atoms with van der Waals surface area (Å²) in [6, 6.07) is 11.4. The Kier molecular flexibility index (Phi) is 5.95. The van der Waals surface area contributed by atoms with E-state index in [9.17, 15) is 13.6 Å². The molecule has 5 nitrogen and oxygen atoms in total. The second-order valence-corrected chi connectivity index (χ2v) is 8.08. The van der Waals surface area contributed by atoms with Gasteiger partial charge in [-0.3, -0.25) is 14.3 Å². The molecule has 1 aromatic heterocycles. The molecule has 1 amide bonds. The van der Waals surface area contributed by atoms with Gasteiger partial charge < -0.3 is 4.90 Å². The summed E-state index contributed by atoms with van der Waals surface area (Å²) in [6.45, 7) is 1.22. The number of halogens is 4. The van der Waals surface area contributed by atoms with E-state index < -0.39 is 6.55 Å². The Labute approximate surface area is 182 Å².